The molecule has 0 aliphatic carbocycles. The Balaban J connectivity index is 2.51. The van der Waals surface area contributed by atoms with Crippen molar-refractivity contribution in [3.8, 4) is 0 Å². The molecule has 0 aliphatic rings. The number of likely N-dealkylation sites (N-methyl/N-ethyl adjacent to an activating group) is 1. The van der Waals surface area contributed by atoms with Crippen LogP contribution in [-0.2, 0) is 11.2 Å². The Morgan fingerprint density at radius 2 is 2.00 bits per heavy atom. The van der Waals surface area contributed by atoms with Gasteiger partial charge in [-0.2, -0.15) is 13.2 Å². The quantitative estimate of drug-likeness (QED) is 0.702. The average molecular weight is 344 g/mol. The van der Waals surface area contributed by atoms with Crippen molar-refractivity contribution in [2.75, 3.05) is 19.8 Å². The van der Waals surface area contributed by atoms with E-state index in [1.165, 1.54) is 0 Å². The van der Waals surface area contributed by atoms with Crippen molar-refractivity contribution in [3.05, 3.63) is 33.8 Å². The highest BCUT2D eigenvalue weighted by Crippen LogP contribution is 2.22. The standard InChI is InChI=1S/C14H18Cl2F3NO/c1-2-20-12(5-6-21-9-14(17,18)19)8-10-7-11(15)3-4-13(10)16/h3-4,7,12,20H,2,5-6,8-9H2,1H3. The predicted molar refractivity (Wildman–Crippen MR) is 79.1 cm³/mol. The summed E-state index contributed by atoms with van der Waals surface area (Å²) in [5.74, 6) is 0. The topological polar surface area (TPSA) is 21.3 Å². The van der Waals surface area contributed by atoms with Gasteiger partial charge >= 0.3 is 6.18 Å². The van der Waals surface area contributed by atoms with E-state index in [4.69, 9.17) is 23.2 Å². The highest BCUT2D eigenvalue weighted by Gasteiger charge is 2.27. The van der Waals surface area contributed by atoms with E-state index in [9.17, 15) is 13.2 Å². The van der Waals surface area contributed by atoms with Crippen LogP contribution in [0.1, 0.15) is 18.9 Å². The Kier molecular flexibility index (Phi) is 7.81. The van der Waals surface area contributed by atoms with Crippen molar-refractivity contribution in [1.29, 1.82) is 0 Å². The molecule has 0 aromatic heterocycles. The summed E-state index contributed by atoms with van der Waals surface area (Å²) < 4.78 is 40.6. The summed E-state index contributed by atoms with van der Waals surface area (Å²) in [6.45, 7) is 1.46. The fourth-order valence-electron chi connectivity index (χ4n) is 1.94. The number of rotatable bonds is 8. The summed E-state index contributed by atoms with van der Waals surface area (Å²) in [5, 5.41) is 4.39. The first-order chi connectivity index (χ1) is 9.81. The Bertz CT molecular complexity index is 441. The van der Waals surface area contributed by atoms with Gasteiger partial charge in [-0.15, -0.1) is 0 Å². The second kappa shape index (κ2) is 8.83. The molecular weight excluding hydrogens is 326 g/mol. The normalized spacial score (nSPS) is 13.4. The van der Waals surface area contributed by atoms with Crippen LogP contribution in [0.5, 0.6) is 0 Å². The van der Waals surface area contributed by atoms with Gasteiger partial charge in [-0.25, -0.2) is 0 Å². The molecule has 1 aromatic carbocycles. The number of alkyl halides is 3. The molecule has 1 unspecified atom stereocenters. The molecule has 0 amide bonds. The first kappa shape index (κ1) is 18.6. The van der Waals surface area contributed by atoms with Gasteiger partial charge in [-0.1, -0.05) is 30.1 Å². The zero-order valence-corrected chi connectivity index (χ0v) is 13.2. The van der Waals surface area contributed by atoms with Gasteiger partial charge in [0, 0.05) is 22.7 Å². The summed E-state index contributed by atoms with van der Waals surface area (Å²) in [4.78, 5) is 0. The van der Waals surface area contributed by atoms with E-state index >= 15 is 0 Å². The van der Waals surface area contributed by atoms with Crippen molar-refractivity contribution in [3.63, 3.8) is 0 Å². The first-order valence-electron chi connectivity index (χ1n) is 6.63. The van der Waals surface area contributed by atoms with Crippen LogP contribution >= 0.6 is 23.2 Å². The molecule has 7 heteroatoms. The van der Waals surface area contributed by atoms with Crippen molar-refractivity contribution in [2.24, 2.45) is 0 Å². The summed E-state index contributed by atoms with van der Waals surface area (Å²) in [6.07, 6.45) is -3.24. The highest BCUT2D eigenvalue weighted by atomic mass is 35.5. The molecule has 0 fully saturated rings. The minimum absolute atomic E-state index is 0.0146. The van der Waals surface area contributed by atoms with Crippen LogP contribution < -0.4 is 5.32 Å². The highest BCUT2D eigenvalue weighted by molar-refractivity contribution is 6.33. The van der Waals surface area contributed by atoms with Gasteiger partial charge in [-0.3, -0.25) is 0 Å². The molecule has 120 valence electrons. The van der Waals surface area contributed by atoms with Crippen LogP contribution in [0.4, 0.5) is 13.2 Å². The third kappa shape index (κ3) is 7.90. The smallest absolute Gasteiger partial charge is 0.372 e. The minimum atomic E-state index is -4.29. The Labute approximate surface area is 132 Å². The lowest BCUT2D eigenvalue weighted by molar-refractivity contribution is -0.174. The minimum Gasteiger partial charge on any atom is -0.372 e. The van der Waals surface area contributed by atoms with E-state index in [-0.39, 0.29) is 12.6 Å². The van der Waals surface area contributed by atoms with E-state index in [2.05, 4.69) is 10.1 Å². The van der Waals surface area contributed by atoms with E-state index in [0.717, 1.165) is 5.56 Å². The molecule has 21 heavy (non-hydrogen) atoms. The summed E-state index contributed by atoms with van der Waals surface area (Å²) in [5.41, 5.74) is 0.867. The summed E-state index contributed by atoms with van der Waals surface area (Å²) in [7, 11) is 0. The third-order valence-corrected chi connectivity index (χ3v) is 3.45. The maximum atomic E-state index is 12.0. The molecule has 1 atom stereocenters. The van der Waals surface area contributed by atoms with E-state index in [0.29, 0.717) is 29.4 Å². The van der Waals surface area contributed by atoms with Gasteiger partial charge in [0.1, 0.15) is 6.61 Å². The molecule has 1 N–H and O–H groups in total. The number of benzene rings is 1. The fraction of sp³-hybridized carbons (Fsp3) is 0.571. The Morgan fingerprint density at radius 1 is 1.29 bits per heavy atom. The molecule has 1 rings (SSSR count). The van der Waals surface area contributed by atoms with Crippen molar-refractivity contribution in [2.45, 2.75) is 32.0 Å². The zero-order valence-electron chi connectivity index (χ0n) is 11.6. The van der Waals surface area contributed by atoms with Gasteiger partial charge < -0.3 is 10.1 Å². The van der Waals surface area contributed by atoms with Crippen molar-refractivity contribution in [1.82, 2.24) is 5.32 Å². The average Bonchev–Trinajstić information content (AvgIpc) is 2.38. The maximum absolute atomic E-state index is 12.0. The molecule has 1 aromatic rings. The lowest BCUT2D eigenvalue weighted by Gasteiger charge is -2.19. The third-order valence-electron chi connectivity index (χ3n) is 2.84. The van der Waals surface area contributed by atoms with Crippen LogP contribution in [0.3, 0.4) is 0 Å². The van der Waals surface area contributed by atoms with Gasteiger partial charge in [0.25, 0.3) is 0 Å². The maximum Gasteiger partial charge on any atom is 0.411 e. The zero-order chi connectivity index (χ0) is 15.9. The Morgan fingerprint density at radius 3 is 2.62 bits per heavy atom. The monoisotopic (exact) mass is 343 g/mol. The van der Waals surface area contributed by atoms with Crippen LogP contribution in [0, 0.1) is 0 Å². The SMILES string of the molecule is CCNC(CCOCC(F)(F)F)Cc1cc(Cl)ccc1Cl. The summed E-state index contributed by atoms with van der Waals surface area (Å²) in [6, 6.07) is 5.16. The second-order valence-corrected chi connectivity index (χ2v) is 5.49. The lowest BCUT2D eigenvalue weighted by atomic mass is 10.0. The molecule has 0 aliphatic heterocycles. The number of nitrogens with one attached hydrogen (secondary N) is 1. The fourth-order valence-corrected chi connectivity index (χ4v) is 2.33. The number of halogens is 5. The van der Waals surface area contributed by atoms with Crippen LogP contribution in [0.2, 0.25) is 10.0 Å². The largest absolute Gasteiger partial charge is 0.411 e. The molecule has 2 nitrogen and oxygen atoms in total. The predicted octanol–water partition coefficient (Wildman–Crippen LogP) is 4.48. The molecule has 0 saturated heterocycles. The van der Waals surface area contributed by atoms with E-state index < -0.39 is 12.8 Å². The van der Waals surface area contributed by atoms with Crippen molar-refractivity contribution >= 4 is 23.2 Å². The van der Waals surface area contributed by atoms with Crippen LogP contribution in [-0.4, -0.2) is 32.0 Å². The van der Waals surface area contributed by atoms with Crippen molar-refractivity contribution < 1.29 is 17.9 Å². The molecule has 0 bridgehead atoms. The molecule has 0 radical (unpaired) electrons. The molecular formula is C14H18Cl2F3NO. The molecule has 0 spiro atoms. The second-order valence-electron chi connectivity index (χ2n) is 4.65. The molecule has 0 saturated carbocycles. The van der Waals surface area contributed by atoms with Crippen LogP contribution in [0.25, 0.3) is 0 Å². The van der Waals surface area contributed by atoms with Gasteiger partial charge in [0.15, 0.2) is 0 Å². The van der Waals surface area contributed by atoms with Gasteiger partial charge in [0.2, 0.25) is 0 Å². The van der Waals surface area contributed by atoms with Gasteiger partial charge in [-0.05, 0) is 43.1 Å². The lowest BCUT2D eigenvalue weighted by Crippen LogP contribution is -2.32. The first-order valence-corrected chi connectivity index (χ1v) is 7.39. The van der Waals surface area contributed by atoms with E-state index in [1.54, 1.807) is 18.2 Å². The van der Waals surface area contributed by atoms with E-state index in [1.807, 2.05) is 6.92 Å². The van der Waals surface area contributed by atoms with Crippen LogP contribution in [0.15, 0.2) is 18.2 Å². The number of hydrogen-bond donors (Lipinski definition) is 1. The van der Waals surface area contributed by atoms with Gasteiger partial charge in [0.05, 0.1) is 0 Å². The Hall–Kier alpha value is -0.490. The number of hydrogen-bond acceptors (Lipinski definition) is 2. The molecule has 0 heterocycles. The summed E-state index contributed by atoms with van der Waals surface area (Å²) >= 11 is 12.0. The number of ether oxygens (including phenoxy) is 1.